The lowest BCUT2D eigenvalue weighted by atomic mass is 10.1. The molecule has 0 amide bonds. The zero-order chi connectivity index (χ0) is 19.0. The SMILES string of the molecule is CCNC(=NCC1CCS(=O)(=O)C1)NCCc1ccc(OC)c(OC)c1.I. The maximum atomic E-state index is 11.5. The van der Waals surface area contributed by atoms with Crippen LogP contribution in [-0.2, 0) is 16.3 Å². The van der Waals surface area contributed by atoms with Crippen molar-refractivity contribution in [3.05, 3.63) is 23.8 Å². The number of hydrogen-bond acceptors (Lipinski definition) is 5. The summed E-state index contributed by atoms with van der Waals surface area (Å²) in [6.45, 7) is 4.01. The van der Waals surface area contributed by atoms with Crippen LogP contribution in [-0.4, -0.2) is 59.7 Å². The maximum absolute atomic E-state index is 11.5. The molecule has 1 aromatic carbocycles. The molecule has 1 fully saturated rings. The van der Waals surface area contributed by atoms with Crippen LogP contribution in [0, 0.1) is 5.92 Å². The first-order valence-electron chi connectivity index (χ1n) is 8.91. The van der Waals surface area contributed by atoms with E-state index in [1.54, 1.807) is 14.2 Å². The third-order valence-corrected chi connectivity index (χ3v) is 6.17. The fourth-order valence-electron chi connectivity index (χ4n) is 2.94. The Morgan fingerprint density at radius 3 is 2.56 bits per heavy atom. The fraction of sp³-hybridized carbons (Fsp3) is 0.611. The van der Waals surface area contributed by atoms with Crippen LogP contribution in [0.1, 0.15) is 18.9 Å². The Morgan fingerprint density at radius 1 is 1.22 bits per heavy atom. The Bertz CT molecular complexity index is 725. The van der Waals surface area contributed by atoms with E-state index in [0.717, 1.165) is 24.5 Å². The van der Waals surface area contributed by atoms with E-state index in [9.17, 15) is 8.42 Å². The molecule has 27 heavy (non-hydrogen) atoms. The second kappa shape index (κ2) is 11.6. The van der Waals surface area contributed by atoms with E-state index in [2.05, 4.69) is 15.6 Å². The van der Waals surface area contributed by atoms with Crippen molar-refractivity contribution in [2.24, 2.45) is 10.9 Å². The van der Waals surface area contributed by atoms with Gasteiger partial charge in [-0.3, -0.25) is 4.99 Å². The van der Waals surface area contributed by atoms with Crippen LogP contribution in [0.5, 0.6) is 11.5 Å². The molecule has 1 aliphatic rings. The average molecular weight is 511 g/mol. The van der Waals surface area contributed by atoms with Gasteiger partial charge in [-0.25, -0.2) is 8.42 Å². The summed E-state index contributed by atoms with van der Waals surface area (Å²) in [5.74, 6) is 2.81. The molecule has 1 aromatic rings. The minimum atomic E-state index is -2.85. The van der Waals surface area contributed by atoms with Gasteiger partial charge in [-0.05, 0) is 43.4 Å². The van der Waals surface area contributed by atoms with Gasteiger partial charge in [0.25, 0.3) is 0 Å². The molecule has 9 heteroatoms. The predicted octanol–water partition coefficient (Wildman–Crippen LogP) is 1.85. The third kappa shape index (κ3) is 7.73. The number of sulfone groups is 1. The molecule has 0 bridgehead atoms. The highest BCUT2D eigenvalue weighted by atomic mass is 127. The molecule has 0 saturated carbocycles. The summed E-state index contributed by atoms with van der Waals surface area (Å²) in [5.41, 5.74) is 1.13. The molecule has 1 saturated heterocycles. The molecule has 1 aliphatic heterocycles. The summed E-state index contributed by atoms with van der Waals surface area (Å²) in [5, 5.41) is 6.50. The largest absolute Gasteiger partial charge is 0.493 e. The minimum Gasteiger partial charge on any atom is -0.493 e. The van der Waals surface area contributed by atoms with Gasteiger partial charge in [-0.1, -0.05) is 6.07 Å². The number of aliphatic imine (C=N–C) groups is 1. The second-order valence-corrected chi connectivity index (χ2v) is 8.58. The summed E-state index contributed by atoms with van der Waals surface area (Å²) in [6.07, 6.45) is 1.51. The number of nitrogens with zero attached hydrogens (tertiary/aromatic N) is 1. The molecule has 2 rings (SSSR count). The normalized spacial score (nSPS) is 18.5. The van der Waals surface area contributed by atoms with Crippen LogP contribution in [0.4, 0.5) is 0 Å². The number of guanidine groups is 1. The van der Waals surface area contributed by atoms with Crippen molar-refractivity contribution in [2.45, 2.75) is 19.8 Å². The first-order chi connectivity index (χ1) is 12.5. The summed E-state index contributed by atoms with van der Waals surface area (Å²) in [4.78, 5) is 4.54. The molecule has 1 heterocycles. The number of nitrogens with one attached hydrogen (secondary N) is 2. The molecule has 1 atom stereocenters. The van der Waals surface area contributed by atoms with Gasteiger partial charge in [-0.15, -0.1) is 24.0 Å². The van der Waals surface area contributed by atoms with Crippen LogP contribution in [0.3, 0.4) is 0 Å². The lowest BCUT2D eigenvalue weighted by molar-refractivity contribution is 0.354. The van der Waals surface area contributed by atoms with Crippen molar-refractivity contribution >= 4 is 39.8 Å². The number of halogens is 1. The number of benzene rings is 1. The third-order valence-electron chi connectivity index (χ3n) is 4.33. The highest BCUT2D eigenvalue weighted by Gasteiger charge is 2.27. The van der Waals surface area contributed by atoms with E-state index in [1.165, 1.54) is 0 Å². The van der Waals surface area contributed by atoms with E-state index >= 15 is 0 Å². The lowest BCUT2D eigenvalue weighted by Gasteiger charge is -2.13. The molecule has 154 valence electrons. The van der Waals surface area contributed by atoms with Crippen LogP contribution < -0.4 is 20.1 Å². The molecule has 0 aliphatic carbocycles. The van der Waals surface area contributed by atoms with Gasteiger partial charge in [0, 0.05) is 19.6 Å². The summed E-state index contributed by atoms with van der Waals surface area (Å²) in [6, 6.07) is 5.87. The molecule has 0 spiro atoms. The van der Waals surface area contributed by atoms with Gasteiger partial charge in [0.15, 0.2) is 27.3 Å². The van der Waals surface area contributed by atoms with Crippen molar-refractivity contribution in [1.29, 1.82) is 0 Å². The standard InChI is InChI=1S/C18H29N3O4S.HI/c1-4-19-18(21-12-15-8-10-26(22,23)13-15)20-9-7-14-5-6-16(24-2)17(11-14)25-3;/h5-6,11,15H,4,7-10,12-13H2,1-3H3,(H2,19,20,21);1H. The van der Waals surface area contributed by atoms with E-state index in [4.69, 9.17) is 9.47 Å². The Labute approximate surface area is 179 Å². The number of methoxy groups -OCH3 is 2. The molecule has 0 aromatic heterocycles. The Kier molecular flexibility index (Phi) is 10.2. The zero-order valence-corrected chi connectivity index (χ0v) is 19.3. The van der Waals surface area contributed by atoms with Crippen molar-refractivity contribution in [3.8, 4) is 11.5 Å². The van der Waals surface area contributed by atoms with Crippen molar-refractivity contribution in [2.75, 3.05) is 45.4 Å². The lowest BCUT2D eigenvalue weighted by Crippen LogP contribution is -2.38. The van der Waals surface area contributed by atoms with Crippen molar-refractivity contribution in [3.63, 3.8) is 0 Å². The first-order valence-corrected chi connectivity index (χ1v) is 10.7. The van der Waals surface area contributed by atoms with Crippen LogP contribution in [0.2, 0.25) is 0 Å². The van der Waals surface area contributed by atoms with Crippen LogP contribution in [0.15, 0.2) is 23.2 Å². The van der Waals surface area contributed by atoms with Crippen molar-refractivity contribution < 1.29 is 17.9 Å². The number of rotatable bonds is 8. The topological polar surface area (TPSA) is 89.0 Å². The summed E-state index contributed by atoms with van der Waals surface area (Å²) in [7, 11) is 0.390. The van der Waals surface area contributed by atoms with Crippen LogP contribution >= 0.6 is 24.0 Å². The van der Waals surface area contributed by atoms with Gasteiger partial charge in [0.2, 0.25) is 0 Å². The smallest absolute Gasteiger partial charge is 0.191 e. The van der Waals surface area contributed by atoms with Gasteiger partial charge in [0.1, 0.15) is 0 Å². The highest BCUT2D eigenvalue weighted by Crippen LogP contribution is 2.27. The fourth-order valence-corrected chi connectivity index (χ4v) is 4.79. The second-order valence-electron chi connectivity index (χ2n) is 6.35. The van der Waals surface area contributed by atoms with E-state index in [-0.39, 0.29) is 41.4 Å². The maximum Gasteiger partial charge on any atom is 0.191 e. The summed E-state index contributed by atoms with van der Waals surface area (Å²) < 4.78 is 33.7. The quantitative estimate of drug-likeness (QED) is 0.315. The Hall–Kier alpha value is -1.23. The van der Waals surface area contributed by atoms with E-state index in [0.29, 0.717) is 31.0 Å². The number of hydrogen-bond donors (Lipinski definition) is 2. The predicted molar refractivity (Wildman–Crippen MR) is 119 cm³/mol. The van der Waals surface area contributed by atoms with Crippen LogP contribution in [0.25, 0.3) is 0 Å². The monoisotopic (exact) mass is 511 g/mol. The summed E-state index contributed by atoms with van der Waals surface area (Å²) >= 11 is 0. The molecular formula is C18H30IN3O4S. The van der Waals surface area contributed by atoms with Gasteiger partial charge in [0.05, 0.1) is 25.7 Å². The molecule has 2 N–H and O–H groups in total. The molecular weight excluding hydrogens is 481 g/mol. The highest BCUT2D eigenvalue weighted by molar-refractivity contribution is 14.0. The first kappa shape index (κ1) is 23.8. The molecule has 0 radical (unpaired) electrons. The Morgan fingerprint density at radius 2 is 1.96 bits per heavy atom. The Balaban J connectivity index is 0.00000364. The average Bonchev–Trinajstić information content (AvgIpc) is 2.98. The van der Waals surface area contributed by atoms with E-state index in [1.807, 2.05) is 25.1 Å². The van der Waals surface area contributed by atoms with E-state index < -0.39 is 9.84 Å². The van der Waals surface area contributed by atoms with Crippen molar-refractivity contribution in [1.82, 2.24) is 10.6 Å². The van der Waals surface area contributed by atoms with Gasteiger partial charge < -0.3 is 20.1 Å². The molecule has 7 nitrogen and oxygen atoms in total. The minimum absolute atomic E-state index is 0. The molecule has 1 unspecified atom stereocenters. The zero-order valence-electron chi connectivity index (χ0n) is 16.2. The van der Waals surface area contributed by atoms with Gasteiger partial charge in [-0.2, -0.15) is 0 Å². The van der Waals surface area contributed by atoms with Gasteiger partial charge >= 0.3 is 0 Å². The number of ether oxygens (including phenoxy) is 2.